The van der Waals surface area contributed by atoms with E-state index >= 15 is 0 Å². The molecule has 0 aromatic carbocycles. The Hall–Kier alpha value is -2.26. The molecule has 152 valence electrons. The molecule has 3 fully saturated rings. The monoisotopic (exact) mass is 415 g/mol. The molecule has 3 heterocycles. The number of nitrogens with zero attached hydrogens (tertiary/aromatic N) is 2. The highest BCUT2D eigenvalue weighted by atomic mass is 32.1. The molecule has 2 atom stereocenters. The second-order valence-electron chi connectivity index (χ2n) is 8.70. The summed E-state index contributed by atoms with van der Waals surface area (Å²) >= 11 is 1.47. The van der Waals surface area contributed by atoms with Crippen molar-refractivity contribution >= 4 is 28.2 Å². The zero-order valence-electron chi connectivity index (χ0n) is 15.8. The van der Waals surface area contributed by atoms with Gasteiger partial charge in [-0.2, -0.15) is 4.98 Å². The van der Waals surface area contributed by atoms with Crippen LogP contribution in [0.2, 0.25) is 0 Å². The summed E-state index contributed by atoms with van der Waals surface area (Å²) in [5.41, 5.74) is 0.204. The topological polar surface area (TPSA) is 115 Å². The van der Waals surface area contributed by atoms with Crippen LogP contribution in [0.1, 0.15) is 60.7 Å². The molecular weight excluding hydrogens is 394 g/mol. The lowest BCUT2D eigenvalue weighted by atomic mass is 9.95. The Morgan fingerprint density at radius 2 is 2.07 bits per heavy atom. The van der Waals surface area contributed by atoms with E-state index in [1.54, 1.807) is 0 Å². The Bertz CT molecular complexity index is 1040. The van der Waals surface area contributed by atoms with Gasteiger partial charge < -0.3 is 19.7 Å². The van der Waals surface area contributed by atoms with Gasteiger partial charge in [0.1, 0.15) is 5.00 Å². The molecule has 0 radical (unpaired) electrons. The number of anilines is 1. The van der Waals surface area contributed by atoms with Crippen molar-refractivity contribution in [3.8, 4) is 11.5 Å². The summed E-state index contributed by atoms with van der Waals surface area (Å²) < 4.78 is 11.2. The molecule has 2 aromatic rings. The number of aliphatic carboxylic acids is 1. The predicted octanol–water partition coefficient (Wildman–Crippen LogP) is 3.33. The molecule has 1 aliphatic heterocycles. The van der Waals surface area contributed by atoms with E-state index in [-0.39, 0.29) is 5.91 Å². The average Bonchev–Trinajstić information content (AvgIpc) is 3.52. The van der Waals surface area contributed by atoms with Crippen molar-refractivity contribution in [3.05, 3.63) is 16.3 Å². The molecule has 3 saturated carbocycles. The van der Waals surface area contributed by atoms with Gasteiger partial charge in [0.15, 0.2) is 5.82 Å². The molecule has 2 aromatic heterocycles. The molecule has 1 amide bonds. The van der Waals surface area contributed by atoms with Crippen molar-refractivity contribution in [2.24, 2.45) is 10.8 Å². The number of nitrogens with one attached hydrogen (secondary N) is 1. The molecule has 0 saturated heterocycles. The van der Waals surface area contributed by atoms with E-state index in [1.165, 1.54) is 11.3 Å². The quantitative estimate of drug-likeness (QED) is 0.770. The number of carboxylic acids is 1. The van der Waals surface area contributed by atoms with Gasteiger partial charge in [-0.25, -0.2) is 0 Å². The smallest absolute Gasteiger partial charge is 0.310 e. The van der Waals surface area contributed by atoms with Crippen LogP contribution in [0.4, 0.5) is 5.00 Å². The maximum atomic E-state index is 13.2. The number of hydrogen-bond acceptors (Lipinski definition) is 7. The molecule has 0 spiro atoms. The van der Waals surface area contributed by atoms with Crippen molar-refractivity contribution in [1.29, 1.82) is 0 Å². The van der Waals surface area contributed by atoms with Crippen LogP contribution in [0, 0.1) is 10.8 Å². The summed E-state index contributed by atoms with van der Waals surface area (Å²) in [5.74, 6) is 0.496. The van der Waals surface area contributed by atoms with Gasteiger partial charge in [0, 0.05) is 10.8 Å². The zero-order valence-corrected chi connectivity index (χ0v) is 16.6. The second kappa shape index (κ2) is 5.89. The fourth-order valence-electron chi connectivity index (χ4n) is 5.23. The highest BCUT2D eigenvalue weighted by molar-refractivity contribution is 7.17. The van der Waals surface area contributed by atoms with Crippen molar-refractivity contribution in [1.82, 2.24) is 10.1 Å². The van der Waals surface area contributed by atoms with Gasteiger partial charge >= 0.3 is 5.97 Å². The number of carboxylic acid groups (broad SMARTS) is 1. The largest absolute Gasteiger partial charge is 0.481 e. The highest BCUT2D eigenvalue weighted by Gasteiger charge is 2.78. The summed E-state index contributed by atoms with van der Waals surface area (Å²) in [6, 6.07) is 0. The number of aromatic nitrogens is 2. The minimum absolute atomic E-state index is 0.194. The Morgan fingerprint density at radius 3 is 2.83 bits per heavy atom. The van der Waals surface area contributed by atoms with Crippen LogP contribution >= 0.6 is 11.3 Å². The van der Waals surface area contributed by atoms with Gasteiger partial charge in [0.2, 0.25) is 5.91 Å². The molecule has 9 heteroatoms. The molecule has 2 unspecified atom stereocenters. The molecule has 8 nitrogen and oxygen atoms in total. The number of carbonyl (C=O) groups is 2. The lowest BCUT2D eigenvalue weighted by Crippen LogP contribution is -2.30. The minimum atomic E-state index is -0.888. The summed E-state index contributed by atoms with van der Waals surface area (Å²) in [5, 5.41) is 17.6. The zero-order chi connectivity index (χ0) is 19.8. The fraction of sp³-hybridized carbons (Fsp3) is 0.600. The molecule has 4 aliphatic rings. The third-order valence-corrected chi connectivity index (χ3v) is 8.21. The number of amides is 1. The van der Waals surface area contributed by atoms with Crippen molar-refractivity contribution < 1.29 is 24.0 Å². The van der Waals surface area contributed by atoms with Gasteiger partial charge in [0.05, 0.1) is 29.6 Å². The maximum absolute atomic E-state index is 13.2. The van der Waals surface area contributed by atoms with E-state index in [0.717, 1.165) is 47.5 Å². The van der Waals surface area contributed by atoms with Gasteiger partial charge in [-0.3, -0.25) is 9.59 Å². The number of ether oxygens (including phenoxy) is 1. The Morgan fingerprint density at radius 1 is 1.24 bits per heavy atom. The normalized spacial score (nSPS) is 29.9. The Balaban J connectivity index is 1.36. The van der Waals surface area contributed by atoms with Crippen LogP contribution in [0.5, 0.6) is 0 Å². The van der Waals surface area contributed by atoms with Crippen molar-refractivity contribution in [2.45, 2.75) is 57.5 Å². The maximum Gasteiger partial charge on any atom is 0.310 e. The number of rotatable bonds is 5. The molecular formula is C20H21N3O5S. The first-order valence-electron chi connectivity index (χ1n) is 10.2. The third kappa shape index (κ3) is 2.40. The molecule has 2 N–H and O–H groups in total. The highest BCUT2D eigenvalue weighted by Crippen LogP contribution is 2.74. The van der Waals surface area contributed by atoms with Crippen molar-refractivity contribution in [3.63, 3.8) is 0 Å². The molecule has 3 aliphatic carbocycles. The van der Waals surface area contributed by atoms with E-state index in [9.17, 15) is 14.7 Å². The van der Waals surface area contributed by atoms with Gasteiger partial charge in [-0.05, 0) is 44.1 Å². The van der Waals surface area contributed by atoms with Crippen LogP contribution in [0.3, 0.4) is 0 Å². The summed E-state index contributed by atoms with van der Waals surface area (Å²) in [6.45, 7) is 1.11. The molecule has 29 heavy (non-hydrogen) atoms. The van der Waals surface area contributed by atoms with Gasteiger partial charge in [-0.1, -0.05) is 11.6 Å². The SMILES string of the molecule is O=C(O)C12CCCC1(C(=O)Nc1sc3c(c1-c1nc(C4CC4)no1)CCOC3)C2. The number of thiophene rings is 1. The molecule has 6 rings (SSSR count). The Kier molecular flexibility index (Phi) is 3.57. The summed E-state index contributed by atoms with van der Waals surface area (Å²) in [4.78, 5) is 30.7. The first-order chi connectivity index (χ1) is 14.0. The average molecular weight is 415 g/mol. The van der Waals surface area contributed by atoms with Crippen LogP contribution in [-0.2, 0) is 27.4 Å². The summed E-state index contributed by atoms with van der Waals surface area (Å²) in [7, 11) is 0. The van der Waals surface area contributed by atoms with E-state index in [1.807, 2.05) is 0 Å². The standard InChI is InChI=1S/C20H21N3O5S/c24-17(19-5-1-6-20(19,9-19)18(25)26)22-16-13(11-4-7-27-8-12(11)29-16)15-21-14(23-28-15)10-2-3-10/h10H,1-9H2,(H,22,24)(H,25,26). The second-order valence-corrected chi connectivity index (χ2v) is 9.80. The Labute approximate surface area is 170 Å². The lowest BCUT2D eigenvalue weighted by Gasteiger charge is -2.15. The molecule has 0 bridgehead atoms. The lowest BCUT2D eigenvalue weighted by molar-refractivity contribution is -0.146. The van der Waals surface area contributed by atoms with Gasteiger partial charge in [-0.15, -0.1) is 11.3 Å². The van der Waals surface area contributed by atoms with Crippen LogP contribution in [0.25, 0.3) is 11.5 Å². The predicted molar refractivity (Wildman–Crippen MR) is 103 cm³/mol. The fourth-order valence-corrected chi connectivity index (χ4v) is 6.40. The van der Waals surface area contributed by atoms with Crippen molar-refractivity contribution in [2.75, 3.05) is 11.9 Å². The number of fused-ring (bicyclic) bond motifs is 2. The van der Waals surface area contributed by atoms with Crippen LogP contribution < -0.4 is 5.32 Å². The number of hydrogen-bond donors (Lipinski definition) is 2. The first kappa shape index (κ1) is 17.6. The number of carbonyl (C=O) groups excluding carboxylic acids is 1. The van der Waals surface area contributed by atoms with E-state index in [2.05, 4.69) is 15.5 Å². The van der Waals surface area contributed by atoms with Crippen LogP contribution in [-0.4, -0.2) is 33.7 Å². The van der Waals surface area contributed by atoms with E-state index < -0.39 is 16.8 Å². The van der Waals surface area contributed by atoms with E-state index in [0.29, 0.717) is 49.3 Å². The minimum Gasteiger partial charge on any atom is -0.481 e. The van der Waals surface area contributed by atoms with E-state index in [4.69, 9.17) is 9.26 Å². The summed E-state index contributed by atoms with van der Waals surface area (Å²) in [6.07, 6.45) is 5.29. The van der Waals surface area contributed by atoms with Crippen LogP contribution in [0.15, 0.2) is 4.52 Å². The first-order valence-corrected chi connectivity index (χ1v) is 11.0. The van der Waals surface area contributed by atoms with Gasteiger partial charge in [0.25, 0.3) is 5.89 Å². The third-order valence-electron chi connectivity index (χ3n) is 7.09.